The van der Waals surface area contributed by atoms with Crippen LogP contribution in [0.4, 0.5) is 0 Å². The number of amides is 1. The van der Waals surface area contributed by atoms with E-state index < -0.39 is 0 Å². The van der Waals surface area contributed by atoms with Gasteiger partial charge in [0.15, 0.2) is 0 Å². The molecule has 2 heterocycles. The van der Waals surface area contributed by atoms with Crippen LogP contribution in [0.15, 0.2) is 22.6 Å². The summed E-state index contributed by atoms with van der Waals surface area (Å²) in [5.74, 6) is 0.603. The summed E-state index contributed by atoms with van der Waals surface area (Å²) in [5.41, 5.74) is 5.05. The Kier molecular flexibility index (Phi) is 4.92. The van der Waals surface area contributed by atoms with Gasteiger partial charge in [-0.3, -0.25) is 4.79 Å². The third-order valence-electron chi connectivity index (χ3n) is 4.74. The van der Waals surface area contributed by atoms with Gasteiger partial charge in [0.1, 0.15) is 0 Å². The monoisotopic (exact) mass is 360 g/mol. The summed E-state index contributed by atoms with van der Waals surface area (Å²) in [6.07, 6.45) is 4.96. The minimum Gasteiger partial charge on any atom is -0.267 e. The summed E-state index contributed by atoms with van der Waals surface area (Å²) in [6.45, 7) is 8.99. The second-order valence-electron chi connectivity index (χ2n) is 7.50. The van der Waals surface area contributed by atoms with Crippen molar-refractivity contribution < 1.29 is 4.79 Å². The predicted octanol–water partition coefficient (Wildman–Crippen LogP) is 5.03. The molecule has 5 heteroatoms. The second kappa shape index (κ2) is 6.81. The molecule has 1 aliphatic rings. The van der Waals surface area contributed by atoms with E-state index in [1.807, 2.05) is 11.4 Å². The first-order chi connectivity index (χ1) is 11.3. The van der Waals surface area contributed by atoms with E-state index in [2.05, 4.69) is 44.3 Å². The van der Waals surface area contributed by atoms with Gasteiger partial charge >= 0.3 is 0 Å². The molecule has 0 saturated heterocycles. The van der Waals surface area contributed by atoms with Gasteiger partial charge in [0.05, 0.1) is 11.8 Å². The molecule has 1 N–H and O–H groups in total. The number of hydrogen-bond acceptors (Lipinski definition) is 4. The van der Waals surface area contributed by atoms with Crippen LogP contribution in [0.5, 0.6) is 0 Å². The average molecular weight is 361 g/mol. The molecule has 0 aliphatic heterocycles. The third kappa shape index (κ3) is 3.78. The van der Waals surface area contributed by atoms with E-state index in [9.17, 15) is 4.79 Å². The molecule has 24 heavy (non-hydrogen) atoms. The fraction of sp³-hybridized carbons (Fsp3) is 0.474. The zero-order valence-corrected chi connectivity index (χ0v) is 16.3. The lowest BCUT2D eigenvalue weighted by Crippen LogP contribution is -2.27. The molecule has 0 aromatic carbocycles. The van der Waals surface area contributed by atoms with Crippen molar-refractivity contribution in [3.05, 3.63) is 43.3 Å². The molecule has 3 rings (SSSR count). The van der Waals surface area contributed by atoms with E-state index in [-0.39, 0.29) is 5.91 Å². The van der Waals surface area contributed by atoms with Gasteiger partial charge in [-0.15, -0.1) is 22.7 Å². The van der Waals surface area contributed by atoms with Gasteiger partial charge in [-0.25, -0.2) is 5.43 Å². The summed E-state index contributed by atoms with van der Waals surface area (Å²) in [6, 6.07) is 4.06. The number of thiophene rings is 2. The fourth-order valence-electron chi connectivity index (χ4n) is 3.18. The van der Waals surface area contributed by atoms with Crippen molar-refractivity contribution in [2.75, 3.05) is 0 Å². The van der Waals surface area contributed by atoms with Crippen LogP contribution in [-0.4, -0.2) is 12.1 Å². The van der Waals surface area contributed by atoms with Gasteiger partial charge in [-0.2, -0.15) is 5.10 Å². The smallest absolute Gasteiger partial charge is 0.267 e. The van der Waals surface area contributed by atoms with Crippen LogP contribution < -0.4 is 5.43 Å². The summed E-state index contributed by atoms with van der Waals surface area (Å²) in [4.78, 5) is 16.1. The lowest BCUT2D eigenvalue weighted by molar-refractivity contribution is 0.0954. The topological polar surface area (TPSA) is 41.5 Å². The maximum Gasteiger partial charge on any atom is 0.272 e. The van der Waals surface area contributed by atoms with Crippen LogP contribution in [0.3, 0.4) is 0 Å². The first kappa shape index (κ1) is 17.4. The minimum absolute atomic E-state index is 0.0914. The third-order valence-corrected chi connectivity index (χ3v) is 6.73. The van der Waals surface area contributed by atoms with Crippen molar-refractivity contribution in [3.8, 4) is 0 Å². The highest BCUT2D eigenvalue weighted by atomic mass is 32.1. The normalized spacial score (nSPS) is 17.9. The van der Waals surface area contributed by atoms with Crippen LogP contribution in [0.1, 0.15) is 57.7 Å². The van der Waals surface area contributed by atoms with E-state index in [1.54, 1.807) is 28.9 Å². The molecule has 1 amide bonds. The molecule has 2 aromatic heterocycles. The summed E-state index contributed by atoms with van der Waals surface area (Å²) in [7, 11) is 0. The number of hydrogen-bond donors (Lipinski definition) is 1. The van der Waals surface area contributed by atoms with Gasteiger partial charge in [0.2, 0.25) is 0 Å². The molecular formula is C19H24N2OS2. The van der Waals surface area contributed by atoms with Gasteiger partial charge in [-0.1, -0.05) is 20.8 Å². The zero-order chi connectivity index (χ0) is 17.3. The maximum atomic E-state index is 12.4. The maximum absolute atomic E-state index is 12.4. The predicted molar refractivity (Wildman–Crippen MR) is 103 cm³/mol. The zero-order valence-electron chi connectivity index (χ0n) is 14.7. The number of rotatable bonds is 3. The van der Waals surface area contributed by atoms with Crippen molar-refractivity contribution in [1.29, 1.82) is 0 Å². The molecule has 2 aromatic rings. The summed E-state index contributed by atoms with van der Waals surface area (Å²) in [5, 5.41) is 6.10. The lowest BCUT2D eigenvalue weighted by atomic mass is 9.72. The van der Waals surface area contributed by atoms with Crippen molar-refractivity contribution in [2.24, 2.45) is 16.4 Å². The molecule has 3 nitrogen and oxygen atoms in total. The van der Waals surface area contributed by atoms with E-state index in [1.165, 1.54) is 15.3 Å². The number of hydrazone groups is 1. The van der Waals surface area contributed by atoms with E-state index >= 15 is 0 Å². The quantitative estimate of drug-likeness (QED) is 0.605. The van der Waals surface area contributed by atoms with Gasteiger partial charge < -0.3 is 0 Å². The van der Waals surface area contributed by atoms with Gasteiger partial charge in [0, 0.05) is 20.0 Å². The van der Waals surface area contributed by atoms with Crippen LogP contribution in [0.25, 0.3) is 0 Å². The Labute approximate surface area is 151 Å². The SMILES string of the molecule is Cc1ccc(C=NNC(=O)c2csc3c2CC[C@@H](C(C)(C)C)C3)s1. The number of carbonyl (C=O) groups is 1. The van der Waals surface area contributed by atoms with E-state index in [0.29, 0.717) is 11.3 Å². The van der Waals surface area contributed by atoms with Crippen molar-refractivity contribution in [3.63, 3.8) is 0 Å². The Balaban J connectivity index is 1.67. The molecule has 0 unspecified atom stereocenters. The summed E-state index contributed by atoms with van der Waals surface area (Å²) < 4.78 is 0. The van der Waals surface area contributed by atoms with Crippen LogP contribution in [0.2, 0.25) is 0 Å². The average Bonchev–Trinajstić information content (AvgIpc) is 3.11. The second-order valence-corrected chi connectivity index (χ2v) is 9.79. The highest BCUT2D eigenvalue weighted by Gasteiger charge is 2.31. The van der Waals surface area contributed by atoms with Crippen LogP contribution >= 0.6 is 22.7 Å². The number of aryl methyl sites for hydroxylation is 1. The molecule has 128 valence electrons. The Hall–Kier alpha value is -1.46. The minimum atomic E-state index is -0.0914. The van der Waals surface area contributed by atoms with Gasteiger partial charge in [0.25, 0.3) is 5.91 Å². The molecule has 0 spiro atoms. The standard InChI is InChI=1S/C19H24N2OS2/c1-12-5-7-14(24-12)10-20-21-18(22)16-11-23-17-9-13(19(2,3)4)6-8-15(16)17/h5,7,10-11,13H,6,8-9H2,1-4H3,(H,21,22)/t13-/m1/s1. The molecule has 0 bridgehead atoms. The van der Waals surface area contributed by atoms with Crippen LogP contribution in [0, 0.1) is 18.3 Å². The molecule has 1 atom stereocenters. The largest absolute Gasteiger partial charge is 0.272 e. The molecule has 0 fully saturated rings. The van der Waals surface area contributed by atoms with Crippen molar-refractivity contribution in [1.82, 2.24) is 5.43 Å². The Morgan fingerprint density at radius 3 is 2.83 bits per heavy atom. The number of carbonyl (C=O) groups excluding carboxylic acids is 1. The van der Waals surface area contributed by atoms with Crippen molar-refractivity contribution >= 4 is 34.8 Å². The van der Waals surface area contributed by atoms with Crippen molar-refractivity contribution in [2.45, 2.75) is 47.0 Å². The Morgan fingerprint density at radius 2 is 2.17 bits per heavy atom. The first-order valence-electron chi connectivity index (χ1n) is 8.33. The van der Waals surface area contributed by atoms with E-state index in [0.717, 1.165) is 29.7 Å². The first-order valence-corrected chi connectivity index (χ1v) is 10.0. The number of nitrogens with zero attached hydrogens (tertiary/aromatic N) is 1. The number of fused-ring (bicyclic) bond motifs is 1. The Bertz CT molecular complexity index is 765. The van der Waals surface area contributed by atoms with E-state index in [4.69, 9.17) is 0 Å². The molecular weight excluding hydrogens is 336 g/mol. The number of nitrogens with one attached hydrogen (secondary N) is 1. The molecule has 0 saturated carbocycles. The highest BCUT2D eigenvalue weighted by molar-refractivity contribution is 7.13. The molecule has 0 radical (unpaired) electrons. The lowest BCUT2D eigenvalue weighted by Gasteiger charge is -2.33. The van der Waals surface area contributed by atoms with Gasteiger partial charge in [-0.05, 0) is 55.2 Å². The fourth-order valence-corrected chi connectivity index (χ4v) is 5.09. The Morgan fingerprint density at radius 1 is 1.38 bits per heavy atom. The summed E-state index contributed by atoms with van der Waals surface area (Å²) >= 11 is 3.39. The highest BCUT2D eigenvalue weighted by Crippen LogP contribution is 2.40. The van der Waals surface area contributed by atoms with Crippen LogP contribution in [-0.2, 0) is 12.8 Å². The molecule has 1 aliphatic carbocycles.